The number of amides is 1. The van der Waals surface area contributed by atoms with Gasteiger partial charge in [0.25, 0.3) is 0 Å². The standard InChI is InChI=1S/C31H40N2O6S/c1-39-27-14-8-12-25(20-27)22-32-23-30(35)29(21-24-10-4-2-5-11-24)33-31(36)26(13-9-18-34)17-19-40(37,38)28-15-6-3-7-16-28/h2-8,10-12,14-16,20,26,29-30,32,34-35H,9,13,17-19,21-23H2,1H3,(H,33,36)/t26?,29-,30+/m0/s1. The molecule has 3 atom stereocenters. The van der Waals surface area contributed by atoms with Crippen LogP contribution in [-0.2, 0) is 27.6 Å². The summed E-state index contributed by atoms with van der Waals surface area (Å²) in [5.41, 5.74) is 1.96. The minimum absolute atomic E-state index is 0.0977. The molecular formula is C31H40N2O6S. The number of ether oxygens (including phenoxy) is 1. The largest absolute Gasteiger partial charge is 0.497 e. The van der Waals surface area contributed by atoms with Crippen molar-refractivity contribution in [2.75, 3.05) is 26.0 Å². The van der Waals surface area contributed by atoms with E-state index in [1.807, 2.05) is 54.6 Å². The smallest absolute Gasteiger partial charge is 0.223 e. The van der Waals surface area contributed by atoms with Crippen molar-refractivity contribution in [2.45, 2.75) is 49.3 Å². The van der Waals surface area contributed by atoms with Crippen molar-refractivity contribution in [3.63, 3.8) is 0 Å². The average molecular weight is 569 g/mol. The highest BCUT2D eigenvalue weighted by Gasteiger charge is 2.27. The van der Waals surface area contributed by atoms with Crippen LogP contribution in [0.1, 0.15) is 30.4 Å². The summed E-state index contributed by atoms with van der Waals surface area (Å²) < 4.78 is 31.0. The number of aliphatic hydroxyl groups is 2. The lowest BCUT2D eigenvalue weighted by molar-refractivity contribution is -0.127. The van der Waals surface area contributed by atoms with Crippen molar-refractivity contribution in [3.05, 3.63) is 96.1 Å². The molecule has 8 nitrogen and oxygen atoms in total. The van der Waals surface area contributed by atoms with Crippen molar-refractivity contribution >= 4 is 15.7 Å². The maximum absolute atomic E-state index is 13.4. The Morgan fingerprint density at radius 2 is 1.60 bits per heavy atom. The number of nitrogens with one attached hydrogen (secondary N) is 2. The third-order valence-electron chi connectivity index (χ3n) is 6.83. The summed E-state index contributed by atoms with van der Waals surface area (Å²) in [6, 6.07) is 24.8. The fraction of sp³-hybridized carbons (Fsp3) is 0.387. The predicted molar refractivity (Wildman–Crippen MR) is 156 cm³/mol. The van der Waals surface area contributed by atoms with Crippen LogP contribution in [0.5, 0.6) is 5.75 Å². The van der Waals surface area contributed by atoms with Gasteiger partial charge >= 0.3 is 0 Å². The normalized spacial score (nSPS) is 13.8. The van der Waals surface area contributed by atoms with Crippen LogP contribution in [-0.4, -0.2) is 62.7 Å². The van der Waals surface area contributed by atoms with Gasteiger partial charge in [0.05, 0.1) is 29.9 Å². The SMILES string of the molecule is COc1cccc(CNC[C@@H](O)[C@H](Cc2ccccc2)NC(=O)C(CCCO)CCS(=O)(=O)c2ccccc2)c1. The molecule has 9 heteroatoms. The third-order valence-corrected chi connectivity index (χ3v) is 8.59. The van der Waals surface area contributed by atoms with E-state index in [0.29, 0.717) is 25.8 Å². The second-order valence-corrected chi connectivity index (χ2v) is 11.9. The molecule has 0 radical (unpaired) electrons. The van der Waals surface area contributed by atoms with Crippen molar-refractivity contribution < 1.29 is 28.2 Å². The Morgan fingerprint density at radius 1 is 0.925 bits per heavy atom. The van der Waals surface area contributed by atoms with Crippen LogP contribution in [0.4, 0.5) is 0 Å². The Kier molecular flexibility index (Phi) is 12.6. The molecule has 4 N–H and O–H groups in total. The number of benzene rings is 3. The number of aliphatic hydroxyl groups excluding tert-OH is 2. The first-order valence-corrected chi connectivity index (χ1v) is 15.2. The molecule has 1 amide bonds. The molecule has 0 heterocycles. The van der Waals surface area contributed by atoms with Gasteiger partial charge in [-0.25, -0.2) is 8.42 Å². The van der Waals surface area contributed by atoms with E-state index in [1.165, 1.54) is 0 Å². The van der Waals surface area contributed by atoms with Crippen LogP contribution in [0, 0.1) is 5.92 Å². The van der Waals surface area contributed by atoms with Gasteiger partial charge in [0.2, 0.25) is 5.91 Å². The van der Waals surface area contributed by atoms with Crippen molar-refractivity contribution in [1.82, 2.24) is 10.6 Å². The Balaban J connectivity index is 1.68. The fourth-order valence-corrected chi connectivity index (χ4v) is 5.93. The maximum atomic E-state index is 13.4. The molecule has 0 bridgehead atoms. The second-order valence-electron chi connectivity index (χ2n) is 9.84. The number of rotatable bonds is 17. The molecule has 3 aromatic carbocycles. The molecule has 0 fully saturated rings. The number of carbonyl (C=O) groups is 1. The summed E-state index contributed by atoms with van der Waals surface area (Å²) in [5.74, 6) is -0.392. The maximum Gasteiger partial charge on any atom is 0.223 e. The lowest BCUT2D eigenvalue weighted by Crippen LogP contribution is -2.50. The molecule has 216 valence electrons. The summed E-state index contributed by atoms with van der Waals surface area (Å²) >= 11 is 0. The molecule has 40 heavy (non-hydrogen) atoms. The number of sulfone groups is 1. The molecule has 0 aliphatic heterocycles. The number of methoxy groups -OCH3 is 1. The van der Waals surface area contributed by atoms with Gasteiger partial charge in [-0.2, -0.15) is 0 Å². The monoisotopic (exact) mass is 568 g/mol. The first-order chi connectivity index (χ1) is 19.3. The molecule has 3 rings (SSSR count). The van der Waals surface area contributed by atoms with Crippen LogP contribution in [0.2, 0.25) is 0 Å². The van der Waals surface area contributed by atoms with Crippen molar-refractivity contribution in [3.8, 4) is 5.75 Å². The summed E-state index contributed by atoms with van der Waals surface area (Å²) in [6.45, 7) is 0.648. The topological polar surface area (TPSA) is 125 Å². The summed E-state index contributed by atoms with van der Waals surface area (Å²) in [4.78, 5) is 13.7. The van der Waals surface area contributed by atoms with E-state index in [9.17, 15) is 23.4 Å². The molecule has 0 spiro atoms. The molecule has 0 saturated carbocycles. The van der Waals surface area contributed by atoms with E-state index < -0.39 is 27.9 Å². The summed E-state index contributed by atoms with van der Waals surface area (Å²) in [7, 11) is -1.95. The summed E-state index contributed by atoms with van der Waals surface area (Å²) in [6.07, 6.45) is 0.336. The lowest BCUT2D eigenvalue weighted by Gasteiger charge is -2.27. The van der Waals surface area contributed by atoms with Gasteiger partial charge in [0.1, 0.15) is 5.75 Å². The fourth-order valence-electron chi connectivity index (χ4n) is 4.53. The van der Waals surface area contributed by atoms with E-state index in [1.54, 1.807) is 37.4 Å². The minimum atomic E-state index is -3.56. The Morgan fingerprint density at radius 3 is 2.27 bits per heavy atom. The highest BCUT2D eigenvalue weighted by molar-refractivity contribution is 7.91. The van der Waals surface area contributed by atoms with Crippen molar-refractivity contribution in [2.24, 2.45) is 5.92 Å². The van der Waals surface area contributed by atoms with E-state index in [-0.39, 0.29) is 36.1 Å². The molecule has 1 unspecified atom stereocenters. The van der Waals surface area contributed by atoms with Crippen LogP contribution in [0.3, 0.4) is 0 Å². The summed E-state index contributed by atoms with van der Waals surface area (Å²) in [5, 5.41) is 26.8. The quantitative estimate of drug-likeness (QED) is 0.197. The van der Waals surface area contributed by atoms with Crippen LogP contribution in [0.15, 0.2) is 89.8 Å². The number of carbonyl (C=O) groups excluding carboxylic acids is 1. The predicted octanol–water partition coefficient (Wildman–Crippen LogP) is 3.13. The van der Waals surface area contributed by atoms with Gasteiger partial charge in [-0.05, 0) is 61.1 Å². The zero-order valence-corrected chi connectivity index (χ0v) is 23.7. The van der Waals surface area contributed by atoms with Gasteiger partial charge < -0.3 is 25.6 Å². The van der Waals surface area contributed by atoms with Crippen LogP contribution in [0.25, 0.3) is 0 Å². The Labute approximate surface area is 237 Å². The van der Waals surface area contributed by atoms with E-state index in [2.05, 4.69) is 10.6 Å². The molecule has 3 aromatic rings. The Hall–Kier alpha value is -3.24. The van der Waals surface area contributed by atoms with E-state index in [0.717, 1.165) is 16.9 Å². The average Bonchev–Trinajstić information content (AvgIpc) is 2.97. The molecule has 0 aliphatic rings. The molecule has 0 aromatic heterocycles. The highest BCUT2D eigenvalue weighted by Crippen LogP contribution is 2.19. The van der Waals surface area contributed by atoms with E-state index >= 15 is 0 Å². The van der Waals surface area contributed by atoms with Crippen LogP contribution >= 0.6 is 0 Å². The zero-order valence-electron chi connectivity index (χ0n) is 22.9. The highest BCUT2D eigenvalue weighted by atomic mass is 32.2. The van der Waals surface area contributed by atoms with Gasteiger partial charge in [-0.3, -0.25) is 4.79 Å². The third kappa shape index (κ3) is 10.1. The van der Waals surface area contributed by atoms with Gasteiger partial charge in [0, 0.05) is 25.6 Å². The first kappa shape index (κ1) is 31.3. The van der Waals surface area contributed by atoms with Crippen LogP contribution < -0.4 is 15.4 Å². The molecule has 0 aliphatic carbocycles. The number of hydrogen-bond donors (Lipinski definition) is 4. The van der Waals surface area contributed by atoms with Gasteiger partial charge in [-0.1, -0.05) is 60.7 Å². The first-order valence-electron chi connectivity index (χ1n) is 13.6. The zero-order chi connectivity index (χ0) is 28.8. The van der Waals surface area contributed by atoms with Crippen molar-refractivity contribution in [1.29, 1.82) is 0 Å². The van der Waals surface area contributed by atoms with Gasteiger partial charge in [-0.15, -0.1) is 0 Å². The Bertz CT molecular complexity index is 1270. The second kappa shape index (κ2) is 16.1. The minimum Gasteiger partial charge on any atom is -0.497 e. The lowest BCUT2D eigenvalue weighted by atomic mass is 9.96. The van der Waals surface area contributed by atoms with Gasteiger partial charge in [0.15, 0.2) is 9.84 Å². The van der Waals surface area contributed by atoms with E-state index in [4.69, 9.17) is 4.74 Å². The number of hydrogen-bond acceptors (Lipinski definition) is 7. The molecule has 0 saturated heterocycles. The molecular weight excluding hydrogens is 528 g/mol.